The Morgan fingerprint density at radius 2 is 1.81 bits per heavy atom. The first-order chi connectivity index (χ1) is 15.6. The molecule has 4 aromatic rings. The molecule has 0 spiro atoms. The molecule has 2 aromatic heterocycles. The van der Waals surface area contributed by atoms with Crippen LogP contribution >= 0.6 is 22.9 Å². The highest BCUT2D eigenvalue weighted by atomic mass is 35.5. The van der Waals surface area contributed by atoms with Crippen LogP contribution in [0.3, 0.4) is 0 Å². The summed E-state index contributed by atoms with van der Waals surface area (Å²) in [5, 5.41) is 11.8. The lowest BCUT2D eigenvalue weighted by Gasteiger charge is -2.10. The maximum Gasteiger partial charge on any atom is 0.268 e. The molecule has 9 heteroatoms. The van der Waals surface area contributed by atoms with E-state index in [9.17, 15) is 9.59 Å². The number of benzene rings is 2. The lowest BCUT2D eigenvalue weighted by molar-refractivity contribution is -0.118. The largest absolute Gasteiger partial charge is 0.342 e. The van der Waals surface area contributed by atoms with Gasteiger partial charge in [-0.1, -0.05) is 41.0 Å². The lowest BCUT2D eigenvalue weighted by Crippen LogP contribution is -2.34. The molecule has 0 saturated carbocycles. The molecule has 7 nitrogen and oxygen atoms in total. The van der Waals surface area contributed by atoms with Gasteiger partial charge in [-0.15, -0.1) is 11.3 Å². The standard InChI is InChI=1S/C23H17ClN4O3S/c24-17-10-8-15(9-11-17)21-27-20(31-28-21)14-25-23(30)19(13-18-7-4-12-32-18)26-22(29)16-5-2-1-3-6-16/h1-13H,14H2,(H,25,30)(H,26,29)/b19-13-. The number of hydrogen-bond donors (Lipinski definition) is 2. The molecule has 0 bridgehead atoms. The average Bonchev–Trinajstić information content (AvgIpc) is 3.50. The summed E-state index contributed by atoms with van der Waals surface area (Å²) in [6.07, 6.45) is 1.62. The van der Waals surface area contributed by atoms with Crippen molar-refractivity contribution in [3.05, 3.63) is 99.2 Å². The number of carbonyl (C=O) groups excluding carboxylic acids is 2. The fourth-order valence-electron chi connectivity index (χ4n) is 2.75. The Balaban J connectivity index is 1.46. The number of carbonyl (C=O) groups is 2. The first-order valence-corrected chi connectivity index (χ1v) is 10.8. The summed E-state index contributed by atoms with van der Waals surface area (Å²) in [5.41, 5.74) is 1.30. The molecule has 2 heterocycles. The van der Waals surface area contributed by atoms with Crippen molar-refractivity contribution in [2.75, 3.05) is 0 Å². The van der Waals surface area contributed by atoms with Crippen molar-refractivity contribution in [2.24, 2.45) is 0 Å². The molecule has 0 aliphatic rings. The molecule has 0 radical (unpaired) electrons. The summed E-state index contributed by atoms with van der Waals surface area (Å²) in [6.45, 7) is 0.00239. The minimum Gasteiger partial charge on any atom is -0.342 e. The van der Waals surface area contributed by atoms with Crippen LogP contribution in [0.15, 0.2) is 82.3 Å². The van der Waals surface area contributed by atoms with E-state index in [2.05, 4.69) is 20.8 Å². The molecule has 0 saturated heterocycles. The molecule has 0 aliphatic carbocycles. The van der Waals surface area contributed by atoms with Gasteiger partial charge in [0, 0.05) is 21.0 Å². The van der Waals surface area contributed by atoms with Crippen molar-refractivity contribution in [1.82, 2.24) is 20.8 Å². The third kappa shape index (κ3) is 5.48. The minimum atomic E-state index is -0.478. The van der Waals surface area contributed by atoms with E-state index in [-0.39, 0.29) is 24.0 Å². The Morgan fingerprint density at radius 1 is 1.03 bits per heavy atom. The monoisotopic (exact) mass is 464 g/mol. The number of rotatable bonds is 7. The third-order valence-electron chi connectivity index (χ3n) is 4.33. The summed E-state index contributed by atoms with van der Waals surface area (Å²) >= 11 is 7.35. The fraction of sp³-hybridized carbons (Fsp3) is 0.0435. The number of nitrogens with zero attached hydrogens (tertiary/aromatic N) is 2. The summed E-state index contributed by atoms with van der Waals surface area (Å²) in [6, 6.07) is 19.4. The van der Waals surface area contributed by atoms with E-state index in [1.54, 1.807) is 54.6 Å². The van der Waals surface area contributed by atoms with E-state index in [4.69, 9.17) is 16.1 Å². The second kappa shape index (κ2) is 10.0. The smallest absolute Gasteiger partial charge is 0.268 e. The zero-order valence-electron chi connectivity index (χ0n) is 16.6. The van der Waals surface area contributed by atoms with Crippen LogP contribution in [0.1, 0.15) is 21.1 Å². The van der Waals surface area contributed by atoms with Crippen molar-refractivity contribution in [2.45, 2.75) is 6.54 Å². The normalized spacial score (nSPS) is 11.2. The molecule has 32 heavy (non-hydrogen) atoms. The average molecular weight is 465 g/mol. The van der Waals surface area contributed by atoms with E-state index >= 15 is 0 Å². The first kappa shape index (κ1) is 21.5. The Morgan fingerprint density at radius 3 is 2.53 bits per heavy atom. The molecule has 2 aromatic carbocycles. The van der Waals surface area contributed by atoms with Crippen LogP contribution in [0, 0.1) is 0 Å². The SMILES string of the molecule is O=C(NCc1nc(-c2ccc(Cl)cc2)no1)/C(=C/c1cccs1)NC(=O)c1ccccc1. The van der Waals surface area contributed by atoms with Crippen molar-refractivity contribution in [1.29, 1.82) is 0 Å². The highest BCUT2D eigenvalue weighted by Crippen LogP contribution is 2.19. The fourth-order valence-corrected chi connectivity index (χ4v) is 3.54. The summed E-state index contributed by atoms with van der Waals surface area (Å²) in [7, 11) is 0. The van der Waals surface area contributed by atoms with E-state index < -0.39 is 5.91 Å². The summed E-state index contributed by atoms with van der Waals surface area (Å²) in [5.74, 6) is -0.244. The van der Waals surface area contributed by atoms with Gasteiger partial charge in [0.25, 0.3) is 11.8 Å². The third-order valence-corrected chi connectivity index (χ3v) is 5.40. The van der Waals surface area contributed by atoms with Gasteiger partial charge in [0.1, 0.15) is 5.70 Å². The van der Waals surface area contributed by atoms with E-state index in [0.717, 1.165) is 10.4 Å². The van der Waals surface area contributed by atoms with Crippen molar-refractivity contribution in [3.8, 4) is 11.4 Å². The zero-order valence-corrected chi connectivity index (χ0v) is 18.2. The van der Waals surface area contributed by atoms with Gasteiger partial charge < -0.3 is 15.2 Å². The highest BCUT2D eigenvalue weighted by Gasteiger charge is 2.16. The number of amides is 2. The lowest BCUT2D eigenvalue weighted by atomic mass is 10.2. The molecule has 0 atom stereocenters. The van der Waals surface area contributed by atoms with Gasteiger partial charge in [-0.25, -0.2) is 0 Å². The van der Waals surface area contributed by atoms with Gasteiger partial charge in [-0.05, 0) is 53.9 Å². The highest BCUT2D eigenvalue weighted by molar-refractivity contribution is 7.10. The van der Waals surface area contributed by atoms with Crippen LogP contribution < -0.4 is 10.6 Å². The zero-order chi connectivity index (χ0) is 22.3. The molecule has 2 N–H and O–H groups in total. The number of hydrogen-bond acceptors (Lipinski definition) is 6. The van der Waals surface area contributed by atoms with Crippen LogP contribution in [-0.4, -0.2) is 22.0 Å². The number of halogens is 1. The van der Waals surface area contributed by atoms with Crippen LogP contribution in [0.2, 0.25) is 5.02 Å². The first-order valence-electron chi connectivity index (χ1n) is 9.57. The van der Waals surface area contributed by atoms with E-state index in [1.807, 2.05) is 23.6 Å². The number of thiophene rings is 1. The molecule has 4 rings (SSSR count). The summed E-state index contributed by atoms with van der Waals surface area (Å²) in [4.78, 5) is 30.5. The quantitative estimate of drug-likeness (QED) is 0.391. The van der Waals surface area contributed by atoms with Gasteiger partial charge in [-0.3, -0.25) is 9.59 Å². The molecular weight excluding hydrogens is 448 g/mol. The summed E-state index contributed by atoms with van der Waals surface area (Å²) < 4.78 is 5.22. The molecule has 0 unspecified atom stereocenters. The maximum atomic E-state index is 12.8. The second-order valence-corrected chi connectivity index (χ2v) is 8.01. The predicted octanol–water partition coefficient (Wildman–Crippen LogP) is 4.54. The predicted molar refractivity (Wildman–Crippen MR) is 123 cm³/mol. The Bertz CT molecular complexity index is 1240. The number of aromatic nitrogens is 2. The topological polar surface area (TPSA) is 97.1 Å². The maximum absolute atomic E-state index is 12.8. The van der Waals surface area contributed by atoms with Gasteiger partial charge in [-0.2, -0.15) is 4.98 Å². The van der Waals surface area contributed by atoms with Crippen LogP contribution in [-0.2, 0) is 11.3 Å². The van der Waals surface area contributed by atoms with Gasteiger partial charge in [0.05, 0.1) is 6.54 Å². The van der Waals surface area contributed by atoms with Crippen molar-refractivity contribution in [3.63, 3.8) is 0 Å². The Labute approximate surface area is 192 Å². The van der Waals surface area contributed by atoms with Gasteiger partial charge in [0.15, 0.2) is 0 Å². The molecule has 0 aliphatic heterocycles. The minimum absolute atomic E-state index is 0.00239. The van der Waals surface area contributed by atoms with Crippen molar-refractivity contribution < 1.29 is 14.1 Å². The van der Waals surface area contributed by atoms with Crippen molar-refractivity contribution >= 4 is 40.8 Å². The number of nitrogens with one attached hydrogen (secondary N) is 2. The Hall–Kier alpha value is -3.75. The van der Waals surface area contributed by atoms with E-state index in [0.29, 0.717) is 16.4 Å². The van der Waals surface area contributed by atoms with Gasteiger partial charge in [0.2, 0.25) is 11.7 Å². The van der Waals surface area contributed by atoms with E-state index in [1.165, 1.54) is 11.3 Å². The Kier molecular flexibility index (Phi) is 6.74. The molecule has 160 valence electrons. The molecule has 2 amide bonds. The van der Waals surface area contributed by atoms with Crippen LogP contribution in [0.25, 0.3) is 17.5 Å². The molecule has 0 fully saturated rings. The second-order valence-electron chi connectivity index (χ2n) is 6.59. The molecular formula is C23H17ClN4O3S. The van der Waals surface area contributed by atoms with Crippen LogP contribution in [0.5, 0.6) is 0 Å². The van der Waals surface area contributed by atoms with Gasteiger partial charge >= 0.3 is 0 Å². The van der Waals surface area contributed by atoms with Crippen LogP contribution in [0.4, 0.5) is 0 Å².